The van der Waals surface area contributed by atoms with E-state index in [0.29, 0.717) is 4.47 Å². The Morgan fingerprint density at radius 2 is 1.25 bits per heavy atom. The zero-order chi connectivity index (χ0) is 15.0. The van der Waals surface area contributed by atoms with Crippen molar-refractivity contribution >= 4 is 21.6 Å². The fourth-order valence-electron chi connectivity index (χ4n) is 1.62. The van der Waals surface area contributed by atoms with Gasteiger partial charge in [0.1, 0.15) is 0 Å². The van der Waals surface area contributed by atoms with Crippen LogP contribution >= 0.6 is 15.9 Å². The van der Waals surface area contributed by atoms with Gasteiger partial charge in [-0.05, 0) is 6.07 Å². The lowest BCUT2D eigenvalue weighted by Gasteiger charge is -2.10. The number of halogens is 6. The Bertz CT molecular complexity index is 685. The lowest BCUT2D eigenvalue weighted by molar-refractivity contribution is 0.377. The van der Waals surface area contributed by atoms with Crippen LogP contribution in [0.25, 0.3) is 0 Å². The molecule has 2 rings (SSSR count). The average Bonchev–Trinajstić information content (AvgIpc) is 2.43. The predicted octanol–water partition coefficient (Wildman–Crippen LogP) is 4.56. The normalized spacial score (nSPS) is 10.7. The summed E-state index contributed by atoms with van der Waals surface area (Å²) in [7, 11) is 0. The van der Waals surface area contributed by atoms with Gasteiger partial charge in [0.25, 0.3) is 0 Å². The second kappa shape index (κ2) is 5.32. The molecule has 1 nitrogen and oxygen atoms in total. The molecule has 0 unspecified atom stereocenters. The van der Waals surface area contributed by atoms with E-state index in [1.54, 1.807) is 6.07 Å². The van der Waals surface area contributed by atoms with Gasteiger partial charge < -0.3 is 0 Å². The molecular formula is C13H5BrF5N. The molecule has 0 aromatic heterocycles. The van der Waals surface area contributed by atoms with Crippen molar-refractivity contribution in [3.63, 3.8) is 0 Å². The maximum atomic E-state index is 13.6. The summed E-state index contributed by atoms with van der Waals surface area (Å²) in [6.45, 7) is 0. The van der Waals surface area contributed by atoms with Crippen molar-refractivity contribution < 1.29 is 22.0 Å². The van der Waals surface area contributed by atoms with Crippen LogP contribution in [0.4, 0.5) is 22.0 Å². The van der Waals surface area contributed by atoms with Gasteiger partial charge in [-0.1, -0.05) is 34.1 Å². The summed E-state index contributed by atoms with van der Waals surface area (Å²) in [5.41, 5.74) is -2.05. The fraction of sp³-hybridized carbons (Fsp3) is 0. The lowest BCUT2D eigenvalue weighted by Crippen LogP contribution is -2.14. The minimum absolute atomic E-state index is 0.00991. The molecule has 0 fully saturated rings. The van der Waals surface area contributed by atoms with Crippen molar-refractivity contribution in [2.24, 2.45) is 0 Å². The van der Waals surface area contributed by atoms with Crippen LogP contribution < -0.4 is 0 Å². The van der Waals surface area contributed by atoms with Gasteiger partial charge >= 0.3 is 0 Å². The quantitative estimate of drug-likeness (QED) is 0.355. The number of hydrogen-bond donors (Lipinski definition) is 1. The lowest BCUT2D eigenvalue weighted by atomic mass is 10.0. The molecule has 0 aliphatic heterocycles. The minimum Gasteiger partial charge on any atom is -0.299 e. The molecule has 0 atom stereocenters. The van der Waals surface area contributed by atoms with Crippen LogP contribution in [0.15, 0.2) is 28.7 Å². The number of rotatable bonds is 2. The zero-order valence-corrected chi connectivity index (χ0v) is 11.2. The van der Waals surface area contributed by atoms with E-state index in [4.69, 9.17) is 5.41 Å². The Hall–Kier alpha value is -1.76. The molecule has 0 radical (unpaired) electrons. The third-order valence-corrected chi connectivity index (χ3v) is 3.29. The van der Waals surface area contributed by atoms with E-state index < -0.39 is 40.4 Å². The van der Waals surface area contributed by atoms with Gasteiger partial charge in [-0.15, -0.1) is 0 Å². The van der Waals surface area contributed by atoms with Crippen molar-refractivity contribution in [3.05, 3.63) is 69.0 Å². The Kier molecular flexibility index (Phi) is 3.89. The highest BCUT2D eigenvalue weighted by atomic mass is 79.9. The molecule has 0 aliphatic carbocycles. The summed E-state index contributed by atoms with van der Waals surface area (Å²) in [6.07, 6.45) is 0. The number of hydrogen-bond acceptors (Lipinski definition) is 1. The summed E-state index contributed by atoms with van der Waals surface area (Å²) in [5.74, 6) is -10.4. The van der Waals surface area contributed by atoms with Crippen molar-refractivity contribution in [3.8, 4) is 0 Å². The highest BCUT2D eigenvalue weighted by Crippen LogP contribution is 2.27. The molecule has 0 aliphatic rings. The van der Waals surface area contributed by atoms with Gasteiger partial charge in [-0.3, -0.25) is 5.41 Å². The average molecular weight is 350 g/mol. The molecule has 7 heteroatoms. The first-order valence-electron chi connectivity index (χ1n) is 5.21. The maximum Gasteiger partial charge on any atom is 0.200 e. The first kappa shape index (κ1) is 14.6. The van der Waals surface area contributed by atoms with Crippen LogP contribution in [0.1, 0.15) is 11.1 Å². The molecule has 0 spiro atoms. The maximum absolute atomic E-state index is 13.6. The van der Waals surface area contributed by atoms with Crippen LogP contribution in [0.2, 0.25) is 0 Å². The van der Waals surface area contributed by atoms with E-state index in [1.807, 2.05) is 0 Å². The van der Waals surface area contributed by atoms with E-state index in [-0.39, 0.29) is 5.56 Å². The fourth-order valence-corrected chi connectivity index (χ4v) is 2.11. The van der Waals surface area contributed by atoms with Gasteiger partial charge in [0, 0.05) is 10.0 Å². The van der Waals surface area contributed by atoms with Crippen LogP contribution in [0, 0.1) is 34.5 Å². The molecule has 2 aromatic rings. The summed E-state index contributed by atoms with van der Waals surface area (Å²) in [4.78, 5) is 0. The van der Waals surface area contributed by atoms with Gasteiger partial charge in [0.15, 0.2) is 23.3 Å². The van der Waals surface area contributed by atoms with Crippen molar-refractivity contribution in [1.82, 2.24) is 0 Å². The molecule has 0 saturated heterocycles. The first-order valence-corrected chi connectivity index (χ1v) is 6.00. The Labute approximate surface area is 118 Å². The molecule has 0 bridgehead atoms. The van der Waals surface area contributed by atoms with Gasteiger partial charge in [0.2, 0.25) is 5.82 Å². The van der Waals surface area contributed by atoms with Crippen LogP contribution in [-0.2, 0) is 0 Å². The predicted molar refractivity (Wildman–Crippen MR) is 66.3 cm³/mol. The summed E-state index contributed by atoms with van der Waals surface area (Å²) in [6, 6.07) is 5.86. The molecule has 20 heavy (non-hydrogen) atoms. The Morgan fingerprint density at radius 3 is 1.75 bits per heavy atom. The van der Waals surface area contributed by atoms with Crippen LogP contribution in [0.5, 0.6) is 0 Å². The van der Waals surface area contributed by atoms with Crippen LogP contribution in [0.3, 0.4) is 0 Å². The third-order valence-electron chi connectivity index (χ3n) is 2.60. The van der Waals surface area contributed by atoms with E-state index in [1.165, 1.54) is 18.2 Å². The van der Waals surface area contributed by atoms with Crippen molar-refractivity contribution in [1.29, 1.82) is 5.41 Å². The molecule has 0 amide bonds. The van der Waals surface area contributed by atoms with Gasteiger partial charge in [-0.25, -0.2) is 22.0 Å². The highest BCUT2D eigenvalue weighted by Gasteiger charge is 2.28. The summed E-state index contributed by atoms with van der Waals surface area (Å²) in [5, 5.41) is 7.69. The molecule has 0 heterocycles. The molecule has 2 aromatic carbocycles. The second-order valence-electron chi connectivity index (χ2n) is 3.80. The highest BCUT2D eigenvalue weighted by molar-refractivity contribution is 9.10. The first-order chi connectivity index (χ1) is 9.36. The second-order valence-corrected chi connectivity index (χ2v) is 4.65. The summed E-state index contributed by atoms with van der Waals surface area (Å²) >= 11 is 3.05. The largest absolute Gasteiger partial charge is 0.299 e. The topological polar surface area (TPSA) is 23.9 Å². The van der Waals surface area contributed by atoms with Crippen molar-refractivity contribution in [2.45, 2.75) is 0 Å². The van der Waals surface area contributed by atoms with E-state index in [0.717, 1.165) is 0 Å². The Balaban J connectivity index is 2.71. The number of benzene rings is 2. The van der Waals surface area contributed by atoms with E-state index >= 15 is 0 Å². The molecule has 1 N–H and O–H groups in total. The van der Waals surface area contributed by atoms with E-state index in [2.05, 4.69) is 15.9 Å². The smallest absolute Gasteiger partial charge is 0.200 e. The van der Waals surface area contributed by atoms with Gasteiger partial charge in [-0.2, -0.15) is 0 Å². The van der Waals surface area contributed by atoms with Crippen molar-refractivity contribution in [2.75, 3.05) is 0 Å². The standard InChI is InChI=1S/C13H5BrF5N/c14-6-4-2-1-3-5(6)13(20)7-8(15)10(17)12(19)11(18)9(7)16/h1-4,20H. The molecular weight excluding hydrogens is 345 g/mol. The monoisotopic (exact) mass is 349 g/mol. The van der Waals surface area contributed by atoms with Gasteiger partial charge in [0.05, 0.1) is 11.3 Å². The third kappa shape index (κ3) is 2.22. The molecule has 0 saturated carbocycles. The SMILES string of the molecule is N=C(c1ccccc1Br)c1c(F)c(F)c(F)c(F)c1F. The zero-order valence-electron chi connectivity index (χ0n) is 9.58. The Morgan fingerprint density at radius 1 is 0.800 bits per heavy atom. The molecule has 104 valence electrons. The minimum atomic E-state index is -2.25. The van der Waals surface area contributed by atoms with Crippen LogP contribution in [-0.4, -0.2) is 5.71 Å². The van der Waals surface area contributed by atoms with E-state index in [9.17, 15) is 22.0 Å². The number of nitrogens with one attached hydrogen (secondary N) is 1. The summed E-state index contributed by atoms with van der Waals surface area (Å²) < 4.78 is 66.6.